The highest BCUT2D eigenvalue weighted by Crippen LogP contribution is 2.41. The molecule has 0 N–H and O–H groups in total. The number of rotatable bonds is 6. The highest BCUT2D eigenvalue weighted by molar-refractivity contribution is 5.78. The van der Waals surface area contributed by atoms with Crippen molar-refractivity contribution in [3.8, 4) is 5.75 Å². The third kappa shape index (κ3) is 4.07. The third-order valence-electron chi connectivity index (χ3n) is 6.29. The van der Waals surface area contributed by atoms with Crippen LogP contribution >= 0.6 is 0 Å². The smallest absolute Gasteiger partial charge is 0.315 e. The van der Waals surface area contributed by atoms with Crippen LogP contribution in [-0.4, -0.2) is 5.97 Å². The second-order valence-electron chi connectivity index (χ2n) is 7.90. The summed E-state index contributed by atoms with van der Waals surface area (Å²) in [5.74, 6) is 0.808. The summed E-state index contributed by atoms with van der Waals surface area (Å²) >= 11 is 0. The maximum Gasteiger partial charge on any atom is 0.315 e. The van der Waals surface area contributed by atoms with Crippen LogP contribution in [-0.2, 0) is 17.6 Å². The van der Waals surface area contributed by atoms with Crippen molar-refractivity contribution >= 4 is 5.97 Å². The lowest BCUT2D eigenvalue weighted by Gasteiger charge is -2.35. The lowest BCUT2D eigenvalue weighted by atomic mass is 9.73. The van der Waals surface area contributed by atoms with Gasteiger partial charge in [-0.05, 0) is 55.1 Å². The Labute approximate surface area is 151 Å². The number of ether oxygens (including phenoxy) is 1. The van der Waals surface area contributed by atoms with Gasteiger partial charge in [-0.3, -0.25) is 4.79 Å². The molecule has 1 aliphatic carbocycles. The van der Waals surface area contributed by atoms with Crippen LogP contribution in [0.2, 0.25) is 0 Å². The zero-order valence-corrected chi connectivity index (χ0v) is 15.7. The molecule has 138 valence electrons. The van der Waals surface area contributed by atoms with Crippen LogP contribution in [0.15, 0.2) is 12.1 Å². The molecule has 1 saturated carbocycles. The number of esters is 1. The van der Waals surface area contributed by atoms with Crippen molar-refractivity contribution in [1.29, 1.82) is 0 Å². The lowest BCUT2D eigenvalue weighted by molar-refractivity contribution is -0.143. The van der Waals surface area contributed by atoms with E-state index in [0.29, 0.717) is 17.9 Å². The first kappa shape index (κ1) is 18.4. The minimum Gasteiger partial charge on any atom is -0.423 e. The summed E-state index contributed by atoms with van der Waals surface area (Å²) in [6.07, 6.45) is 10.4. The SMILES string of the molecule is CCCCCc1ccc2c(c1F)OC(=O)C(C1CCC(CC)CC1)C2. The van der Waals surface area contributed by atoms with Gasteiger partial charge in [0.15, 0.2) is 11.6 Å². The van der Waals surface area contributed by atoms with Crippen LogP contribution in [0.1, 0.15) is 76.3 Å². The molecular weight excluding hydrogens is 315 g/mol. The van der Waals surface area contributed by atoms with Gasteiger partial charge in [0.25, 0.3) is 0 Å². The zero-order valence-electron chi connectivity index (χ0n) is 15.7. The molecule has 1 fully saturated rings. The number of halogens is 1. The Hall–Kier alpha value is -1.38. The second kappa shape index (κ2) is 8.33. The first-order chi connectivity index (χ1) is 12.1. The van der Waals surface area contributed by atoms with E-state index in [-0.39, 0.29) is 23.5 Å². The molecule has 2 aliphatic rings. The fraction of sp³-hybridized carbons (Fsp3) is 0.682. The van der Waals surface area contributed by atoms with Crippen molar-refractivity contribution in [1.82, 2.24) is 0 Å². The Morgan fingerprint density at radius 3 is 2.56 bits per heavy atom. The van der Waals surface area contributed by atoms with Crippen molar-refractivity contribution in [3.63, 3.8) is 0 Å². The Morgan fingerprint density at radius 1 is 1.12 bits per heavy atom. The van der Waals surface area contributed by atoms with E-state index in [9.17, 15) is 9.18 Å². The first-order valence-electron chi connectivity index (χ1n) is 10.2. The predicted octanol–water partition coefficient (Wildman–Crippen LogP) is 5.85. The summed E-state index contributed by atoms with van der Waals surface area (Å²) < 4.78 is 20.3. The van der Waals surface area contributed by atoms with Gasteiger partial charge in [-0.15, -0.1) is 0 Å². The van der Waals surface area contributed by atoms with Crippen LogP contribution in [0.5, 0.6) is 5.75 Å². The average molecular weight is 346 g/mol. The minimum atomic E-state index is -0.310. The van der Waals surface area contributed by atoms with Crippen molar-refractivity contribution < 1.29 is 13.9 Å². The summed E-state index contributed by atoms with van der Waals surface area (Å²) in [5.41, 5.74) is 1.56. The van der Waals surface area contributed by atoms with E-state index in [4.69, 9.17) is 4.74 Å². The summed E-state index contributed by atoms with van der Waals surface area (Å²) in [6.45, 7) is 4.39. The number of hydrogen-bond acceptors (Lipinski definition) is 2. The molecule has 2 nitrogen and oxygen atoms in total. The molecule has 0 saturated heterocycles. The lowest BCUT2D eigenvalue weighted by Crippen LogP contribution is -2.35. The van der Waals surface area contributed by atoms with E-state index >= 15 is 0 Å². The van der Waals surface area contributed by atoms with E-state index in [2.05, 4.69) is 13.8 Å². The Kier molecular flexibility index (Phi) is 6.14. The molecule has 0 spiro atoms. The standard InChI is InChI=1S/C22H31FO2/c1-3-5-6-7-17-12-13-18-14-19(22(24)25-21(18)20(17)23)16-10-8-15(4-2)9-11-16/h12-13,15-16,19H,3-11,14H2,1-2H3. The minimum absolute atomic E-state index is 0.0874. The van der Waals surface area contributed by atoms with Crippen molar-refractivity contribution in [3.05, 3.63) is 29.1 Å². The highest BCUT2D eigenvalue weighted by atomic mass is 19.1. The molecule has 3 heteroatoms. The van der Waals surface area contributed by atoms with Gasteiger partial charge in [0.2, 0.25) is 0 Å². The molecule has 1 aliphatic heterocycles. The molecular formula is C22H31FO2. The summed E-state index contributed by atoms with van der Waals surface area (Å²) in [4.78, 5) is 12.5. The van der Waals surface area contributed by atoms with Crippen LogP contribution < -0.4 is 4.74 Å². The molecule has 0 amide bonds. The number of carbonyl (C=O) groups excluding carboxylic acids is 1. The monoisotopic (exact) mass is 346 g/mol. The van der Waals surface area contributed by atoms with Gasteiger partial charge >= 0.3 is 5.97 Å². The van der Waals surface area contributed by atoms with Gasteiger partial charge in [-0.2, -0.15) is 0 Å². The van der Waals surface area contributed by atoms with E-state index < -0.39 is 0 Å². The maximum atomic E-state index is 14.7. The van der Waals surface area contributed by atoms with Gasteiger partial charge in [0, 0.05) is 0 Å². The number of fused-ring (bicyclic) bond motifs is 1. The number of aryl methyl sites for hydroxylation is 1. The fourth-order valence-electron chi connectivity index (χ4n) is 4.52. The molecule has 1 aromatic rings. The van der Waals surface area contributed by atoms with Crippen molar-refractivity contribution in [2.24, 2.45) is 17.8 Å². The topological polar surface area (TPSA) is 26.3 Å². The van der Waals surface area contributed by atoms with Gasteiger partial charge < -0.3 is 4.74 Å². The van der Waals surface area contributed by atoms with Gasteiger partial charge in [-0.25, -0.2) is 4.39 Å². The van der Waals surface area contributed by atoms with Gasteiger partial charge in [-0.1, -0.05) is 58.1 Å². The molecule has 1 aromatic carbocycles. The Balaban J connectivity index is 1.70. The molecule has 25 heavy (non-hydrogen) atoms. The predicted molar refractivity (Wildman–Crippen MR) is 98.2 cm³/mol. The molecule has 0 radical (unpaired) electrons. The van der Waals surface area contributed by atoms with Crippen molar-refractivity contribution in [2.45, 2.75) is 78.1 Å². The third-order valence-corrected chi connectivity index (χ3v) is 6.29. The van der Waals surface area contributed by atoms with E-state index in [1.54, 1.807) is 0 Å². The average Bonchev–Trinajstić information content (AvgIpc) is 2.64. The number of benzene rings is 1. The molecule has 1 unspecified atom stereocenters. The largest absolute Gasteiger partial charge is 0.423 e. The van der Waals surface area contributed by atoms with E-state index in [0.717, 1.165) is 50.0 Å². The van der Waals surface area contributed by atoms with Crippen LogP contribution in [0, 0.1) is 23.6 Å². The Morgan fingerprint density at radius 2 is 1.88 bits per heavy atom. The van der Waals surface area contributed by atoms with Crippen LogP contribution in [0.3, 0.4) is 0 Å². The summed E-state index contributed by atoms with van der Waals surface area (Å²) in [6, 6.07) is 3.88. The normalized spacial score (nSPS) is 26.2. The van der Waals surface area contributed by atoms with E-state index in [1.807, 2.05) is 12.1 Å². The zero-order chi connectivity index (χ0) is 17.8. The van der Waals surface area contributed by atoms with Crippen LogP contribution in [0.25, 0.3) is 0 Å². The van der Waals surface area contributed by atoms with Gasteiger partial charge in [0.05, 0.1) is 5.92 Å². The molecule has 0 bridgehead atoms. The van der Waals surface area contributed by atoms with Crippen LogP contribution in [0.4, 0.5) is 4.39 Å². The van der Waals surface area contributed by atoms with Gasteiger partial charge in [0.1, 0.15) is 0 Å². The number of hydrogen-bond donors (Lipinski definition) is 0. The van der Waals surface area contributed by atoms with E-state index in [1.165, 1.54) is 19.3 Å². The summed E-state index contributed by atoms with van der Waals surface area (Å²) in [5, 5.41) is 0. The molecule has 3 rings (SSSR count). The fourth-order valence-corrected chi connectivity index (χ4v) is 4.52. The highest BCUT2D eigenvalue weighted by Gasteiger charge is 2.37. The quantitative estimate of drug-likeness (QED) is 0.367. The molecule has 1 atom stereocenters. The Bertz CT molecular complexity index is 602. The number of unbranched alkanes of at least 4 members (excludes halogenated alkanes) is 2. The van der Waals surface area contributed by atoms with Crippen molar-refractivity contribution in [2.75, 3.05) is 0 Å². The summed E-state index contributed by atoms with van der Waals surface area (Å²) in [7, 11) is 0. The molecule has 0 aromatic heterocycles. The first-order valence-corrected chi connectivity index (χ1v) is 10.2. The molecule has 1 heterocycles. The second-order valence-corrected chi connectivity index (χ2v) is 7.90. The number of carbonyl (C=O) groups is 1. The maximum absolute atomic E-state index is 14.7.